The zero-order valence-electron chi connectivity index (χ0n) is 11.3. The maximum absolute atomic E-state index is 12.0. The Kier molecular flexibility index (Phi) is 3.60. The van der Waals surface area contributed by atoms with Crippen LogP contribution in [0.3, 0.4) is 0 Å². The van der Waals surface area contributed by atoms with Crippen LogP contribution in [-0.4, -0.2) is 21.5 Å². The van der Waals surface area contributed by atoms with E-state index in [2.05, 4.69) is 9.97 Å². The molecule has 0 aliphatic carbocycles. The first-order valence-electron chi connectivity index (χ1n) is 6.04. The summed E-state index contributed by atoms with van der Waals surface area (Å²) in [5.41, 5.74) is 1.79. The number of aromatic nitrogens is 2. The van der Waals surface area contributed by atoms with Crippen LogP contribution in [0, 0.1) is 0 Å². The lowest BCUT2D eigenvalue weighted by Gasteiger charge is -2.19. The highest BCUT2D eigenvalue weighted by atomic mass is 16.6. The minimum atomic E-state index is -0.497. The molecule has 2 rings (SSSR count). The van der Waals surface area contributed by atoms with Gasteiger partial charge in [-0.15, -0.1) is 0 Å². The maximum atomic E-state index is 12.0. The number of ether oxygens (including phenoxy) is 1. The van der Waals surface area contributed by atoms with Crippen molar-refractivity contribution in [3.05, 3.63) is 48.5 Å². The van der Waals surface area contributed by atoms with Gasteiger partial charge in [-0.3, -0.25) is 0 Å². The van der Waals surface area contributed by atoms with Crippen molar-refractivity contribution in [2.75, 3.05) is 0 Å². The minimum Gasteiger partial charge on any atom is -0.456 e. The molecule has 4 nitrogen and oxygen atoms in total. The molecule has 0 spiro atoms. The SMILES string of the molecule is CC(C)(C)OC(=O)c1cccc(-c2cncnc2)c1. The van der Waals surface area contributed by atoms with Crippen LogP contribution in [0.2, 0.25) is 0 Å². The molecule has 4 heteroatoms. The maximum Gasteiger partial charge on any atom is 0.338 e. The van der Waals surface area contributed by atoms with Gasteiger partial charge in [-0.2, -0.15) is 0 Å². The number of carbonyl (C=O) groups excluding carboxylic acids is 1. The van der Waals surface area contributed by atoms with E-state index in [1.54, 1.807) is 24.5 Å². The van der Waals surface area contributed by atoms with Gasteiger partial charge < -0.3 is 4.74 Å². The van der Waals surface area contributed by atoms with E-state index in [1.165, 1.54) is 6.33 Å². The first-order chi connectivity index (χ1) is 8.96. The van der Waals surface area contributed by atoms with E-state index in [4.69, 9.17) is 4.74 Å². The molecule has 0 aliphatic heterocycles. The van der Waals surface area contributed by atoms with Crippen molar-refractivity contribution in [1.82, 2.24) is 9.97 Å². The minimum absolute atomic E-state index is 0.328. The van der Waals surface area contributed by atoms with Crippen molar-refractivity contribution < 1.29 is 9.53 Å². The molecule has 1 aromatic heterocycles. The van der Waals surface area contributed by atoms with Gasteiger partial charge in [-0.25, -0.2) is 14.8 Å². The molecule has 2 aromatic rings. The molecular formula is C15H16N2O2. The summed E-state index contributed by atoms with van der Waals surface area (Å²) >= 11 is 0. The normalized spacial score (nSPS) is 11.1. The average Bonchev–Trinajstić information content (AvgIpc) is 2.38. The number of nitrogens with zero attached hydrogens (tertiary/aromatic N) is 2. The summed E-state index contributed by atoms with van der Waals surface area (Å²) in [5, 5.41) is 0. The summed E-state index contributed by atoms with van der Waals surface area (Å²) in [4.78, 5) is 19.9. The van der Waals surface area contributed by atoms with Gasteiger partial charge in [-0.05, 0) is 38.5 Å². The van der Waals surface area contributed by atoms with Crippen molar-refractivity contribution >= 4 is 5.97 Å². The fourth-order valence-electron chi connectivity index (χ4n) is 1.61. The van der Waals surface area contributed by atoms with Gasteiger partial charge in [0.2, 0.25) is 0 Å². The fourth-order valence-corrected chi connectivity index (χ4v) is 1.61. The Morgan fingerprint density at radius 3 is 2.42 bits per heavy atom. The highest BCUT2D eigenvalue weighted by Gasteiger charge is 2.18. The van der Waals surface area contributed by atoms with E-state index in [-0.39, 0.29) is 5.97 Å². The van der Waals surface area contributed by atoms with Crippen LogP contribution in [0.5, 0.6) is 0 Å². The third-order valence-electron chi connectivity index (χ3n) is 2.39. The molecule has 0 saturated heterocycles. The Hall–Kier alpha value is -2.23. The number of carbonyl (C=O) groups is 1. The lowest BCUT2D eigenvalue weighted by Crippen LogP contribution is -2.23. The Balaban J connectivity index is 2.28. The Morgan fingerprint density at radius 1 is 1.11 bits per heavy atom. The Morgan fingerprint density at radius 2 is 1.79 bits per heavy atom. The molecule has 19 heavy (non-hydrogen) atoms. The Bertz CT molecular complexity index is 574. The van der Waals surface area contributed by atoms with E-state index in [0.717, 1.165) is 11.1 Å². The molecule has 0 unspecified atom stereocenters. The molecule has 98 valence electrons. The fraction of sp³-hybridized carbons (Fsp3) is 0.267. The molecule has 0 atom stereocenters. The van der Waals surface area contributed by atoms with Crippen LogP contribution in [0.15, 0.2) is 43.0 Å². The number of esters is 1. The van der Waals surface area contributed by atoms with Gasteiger partial charge >= 0.3 is 5.97 Å². The molecule has 0 radical (unpaired) electrons. The van der Waals surface area contributed by atoms with Gasteiger partial charge in [0.1, 0.15) is 11.9 Å². The second kappa shape index (κ2) is 5.18. The van der Waals surface area contributed by atoms with Crippen molar-refractivity contribution in [2.24, 2.45) is 0 Å². The average molecular weight is 256 g/mol. The zero-order valence-corrected chi connectivity index (χ0v) is 11.3. The quantitative estimate of drug-likeness (QED) is 0.775. The van der Waals surface area contributed by atoms with Gasteiger partial charge in [-0.1, -0.05) is 12.1 Å². The highest BCUT2D eigenvalue weighted by molar-refractivity contribution is 5.91. The van der Waals surface area contributed by atoms with Crippen LogP contribution in [0.4, 0.5) is 0 Å². The van der Waals surface area contributed by atoms with Crippen molar-refractivity contribution in [3.8, 4) is 11.1 Å². The summed E-state index contributed by atoms with van der Waals surface area (Å²) in [6.45, 7) is 5.54. The third kappa shape index (κ3) is 3.61. The smallest absolute Gasteiger partial charge is 0.338 e. The summed E-state index contributed by atoms with van der Waals surface area (Å²) in [6.07, 6.45) is 4.89. The highest BCUT2D eigenvalue weighted by Crippen LogP contribution is 2.20. The van der Waals surface area contributed by atoms with E-state index >= 15 is 0 Å². The number of benzene rings is 1. The van der Waals surface area contributed by atoms with Gasteiger partial charge in [0, 0.05) is 18.0 Å². The summed E-state index contributed by atoms with van der Waals surface area (Å²) in [7, 11) is 0. The van der Waals surface area contributed by atoms with Crippen LogP contribution in [0.1, 0.15) is 31.1 Å². The van der Waals surface area contributed by atoms with Crippen LogP contribution in [-0.2, 0) is 4.74 Å². The number of rotatable bonds is 2. The molecular weight excluding hydrogens is 240 g/mol. The topological polar surface area (TPSA) is 52.1 Å². The zero-order chi connectivity index (χ0) is 13.9. The summed E-state index contributed by atoms with van der Waals surface area (Å²) in [6, 6.07) is 7.25. The largest absolute Gasteiger partial charge is 0.456 e. The van der Waals surface area contributed by atoms with Gasteiger partial charge in [0.05, 0.1) is 5.56 Å². The first-order valence-corrected chi connectivity index (χ1v) is 6.04. The standard InChI is InChI=1S/C15H16N2O2/c1-15(2,3)19-14(18)12-6-4-5-11(7-12)13-8-16-10-17-9-13/h4-10H,1-3H3. The summed E-state index contributed by atoms with van der Waals surface area (Å²) in [5.74, 6) is -0.328. The summed E-state index contributed by atoms with van der Waals surface area (Å²) < 4.78 is 5.34. The second-order valence-corrected chi connectivity index (χ2v) is 5.21. The van der Waals surface area contributed by atoms with Crippen molar-refractivity contribution in [1.29, 1.82) is 0 Å². The number of hydrogen-bond acceptors (Lipinski definition) is 4. The predicted octanol–water partition coefficient (Wildman–Crippen LogP) is 3.10. The van der Waals surface area contributed by atoms with Gasteiger partial charge in [0.15, 0.2) is 0 Å². The van der Waals surface area contributed by atoms with Crippen molar-refractivity contribution in [2.45, 2.75) is 26.4 Å². The molecule has 0 N–H and O–H groups in total. The third-order valence-corrected chi connectivity index (χ3v) is 2.39. The van der Waals surface area contributed by atoms with E-state index in [9.17, 15) is 4.79 Å². The van der Waals surface area contributed by atoms with E-state index in [1.807, 2.05) is 32.9 Å². The second-order valence-electron chi connectivity index (χ2n) is 5.21. The monoisotopic (exact) mass is 256 g/mol. The lowest BCUT2D eigenvalue weighted by molar-refractivity contribution is 0.00696. The van der Waals surface area contributed by atoms with E-state index in [0.29, 0.717) is 5.56 Å². The molecule has 1 aromatic carbocycles. The van der Waals surface area contributed by atoms with Crippen molar-refractivity contribution in [3.63, 3.8) is 0 Å². The predicted molar refractivity (Wildman–Crippen MR) is 72.6 cm³/mol. The molecule has 0 saturated carbocycles. The number of hydrogen-bond donors (Lipinski definition) is 0. The van der Waals surface area contributed by atoms with Crippen LogP contribution < -0.4 is 0 Å². The van der Waals surface area contributed by atoms with Crippen LogP contribution in [0.25, 0.3) is 11.1 Å². The molecule has 0 aliphatic rings. The Labute approximate surface area is 112 Å². The van der Waals surface area contributed by atoms with Crippen LogP contribution >= 0.6 is 0 Å². The molecule has 0 fully saturated rings. The lowest BCUT2D eigenvalue weighted by atomic mass is 10.1. The molecule has 0 amide bonds. The first kappa shape index (κ1) is 13.2. The molecule has 1 heterocycles. The van der Waals surface area contributed by atoms with Gasteiger partial charge in [0.25, 0.3) is 0 Å². The molecule has 0 bridgehead atoms. The van der Waals surface area contributed by atoms with E-state index < -0.39 is 5.60 Å².